The van der Waals surface area contributed by atoms with Gasteiger partial charge in [-0.3, -0.25) is 0 Å². The summed E-state index contributed by atoms with van der Waals surface area (Å²) in [4.78, 5) is 28.0. The van der Waals surface area contributed by atoms with Crippen LogP contribution in [0.4, 0.5) is 0 Å². The molecule has 2 atom stereocenters. The van der Waals surface area contributed by atoms with Crippen LogP contribution in [0.2, 0.25) is 0 Å². The van der Waals surface area contributed by atoms with Gasteiger partial charge < -0.3 is 0 Å². The molecular weight excluding hydrogens is 457 g/mol. The fraction of sp³-hybridized carbons (Fsp3) is 0.417. The second-order valence-corrected chi connectivity index (χ2v) is 12.9. The van der Waals surface area contributed by atoms with E-state index in [-0.39, 0.29) is 0 Å². The molecule has 2 heterocycles. The number of nitrogens with zero attached hydrogens (tertiary/aromatic N) is 3. The van der Waals surface area contributed by atoms with E-state index in [1.807, 2.05) is 54.3 Å². The first-order valence-electron chi connectivity index (χ1n) is 11.0. The third kappa shape index (κ3) is 2.77. The van der Waals surface area contributed by atoms with Crippen LogP contribution in [0.15, 0.2) is 60.7 Å². The zero-order valence-electron chi connectivity index (χ0n) is 20.4. The molecule has 2 aliphatic heterocycles. The molecule has 184 valence electrons. The van der Waals surface area contributed by atoms with Crippen molar-refractivity contribution in [1.82, 2.24) is 14.0 Å². The molecule has 0 aliphatic carbocycles. The Balaban J connectivity index is 2.23. The second-order valence-electron chi connectivity index (χ2n) is 8.70. The number of methoxy groups -OCH3 is 2. The first-order valence-corrected chi connectivity index (χ1v) is 12.9. The molecule has 2 aromatic carbocycles. The van der Waals surface area contributed by atoms with Crippen molar-refractivity contribution in [2.45, 2.75) is 11.2 Å². The van der Waals surface area contributed by atoms with Gasteiger partial charge in [-0.1, -0.05) is 0 Å². The molecule has 0 N–H and O–H groups in total. The number of rotatable bonds is 5. The first-order chi connectivity index (χ1) is 16.2. The van der Waals surface area contributed by atoms with Crippen LogP contribution in [0, 0.1) is 0 Å². The quantitative estimate of drug-likeness (QED) is 0.465. The van der Waals surface area contributed by atoms with Crippen LogP contribution in [0.3, 0.4) is 0 Å². The number of carbonyl (C=O) groups excluding carboxylic acids is 2. The Bertz CT molecular complexity index is 1000. The van der Waals surface area contributed by atoms with Gasteiger partial charge in [0.05, 0.1) is 0 Å². The Hall–Kier alpha value is -2.39. The molecule has 0 aromatic heterocycles. The standard InChI is InChI=1S/C24H32N3O6P/c1-25(2)34(26(3)17-18-27(34)4)32-23(21(28)30-5,19-13-9-7-10-14-19)24(33-34,22(29)31-6)20-15-11-8-12-16-20/h7-16H,17-18H2,1-6H3. The van der Waals surface area contributed by atoms with E-state index in [2.05, 4.69) is 0 Å². The Morgan fingerprint density at radius 2 is 1.15 bits per heavy atom. The fourth-order valence-corrected chi connectivity index (χ4v) is 10.4. The zero-order valence-corrected chi connectivity index (χ0v) is 21.3. The molecule has 0 amide bonds. The van der Waals surface area contributed by atoms with Crippen molar-refractivity contribution < 1.29 is 28.1 Å². The summed E-state index contributed by atoms with van der Waals surface area (Å²) in [5.41, 5.74) is -3.17. The maximum atomic E-state index is 14.0. The van der Waals surface area contributed by atoms with E-state index < -0.39 is 30.7 Å². The molecule has 2 unspecified atom stereocenters. The Morgan fingerprint density at radius 1 is 0.794 bits per heavy atom. The van der Waals surface area contributed by atoms with Crippen LogP contribution in [0.25, 0.3) is 0 Å². The predicted octanol–water partition coefficient (Wildman–Crippen LogP) is 2.74. The van der Waals surface area contributed by atoms with Crippen molar-refractivity contribution in [2.24, 2.45) is 0 Å². The van der Waals surface area contributed by atoms with E-state index in [1.165, 1.54) is 14.2 Å². The molecule has 2 aromatic rings. The van der Waals surface area contributed by atoms with Gasteiger partial charge in [0.1, 0.15) is 0 Å². The number of esters is 2. The molecule has 0 radical (unpaired) electrons. The SMILES string of the molecule is COC(=O)C1(c2ccccc2)OP2(N(C)C)(OC1(C(=O)OC)c1ccccc1)N(C)CCN2C. The first kappa shape index (κ1) is 24.7. The maximum absolute atomic E-state index is 14.0. The minimum absolute atomic E-state index is 0.424. The monoisotopic (exact) mass is 489 g/mol. The average Bonchev–Trinajstić information content (AvgIpc) is 3.32. The van der Waals surface area contributed by atoms with Crippen LogP contribution >= 0.6 is 7.51 Å². The van der Waals surface area contributed by atoms with Crippen molar-refractivity contribution in [3.8, 4) is 0 Å². The van der Waals surface area contributed by atoms with E-state index in [0.29, 0.717) is 24.2 Å². The number of likely N-dealkylation sites (N-methyl/N-ethyl adjacent to an activating group) is 2. The van der Waals surface area contributed by atoms with Gasteiger partial charge in [-0.2, -0.15) is 0 Å². The van der Waals surface area contributed by atoms with Crippen LogP contribution in [0.1, 0.15) is 11.1 Å². The molecule has 10 heteroatoms. The molecular formula is C24H32N3O6P. The predicted molar refractivity (Wildman–Crippen MR) is 128 cm³/mol. The van der Waals surface area contributed by atoms with Gasteiger partial charge >= 0.3 is 200 Å². The van der Waals surface area contributed by atoms with Gasteiger partial charge in [0.2, 0.25) is 0 Å². The summed E-state index contributed by atoms with van der Waals surface area (Å²) in [5, 5.41) is 0. The Kier molecular flexibility index (Phi) is 6.09. The molecule has 0 saturated carbocycles. The summed E-state index contributed by atoms with van der Waals surface area (Å²) in [6.07, 6.45) is 0. The van der Waals surface area contributed by atoms with Crippen LogP contribution < -0.4 is 0 Å². The molecule has 0 bridgehead atoms. The van der Waals surface area contributed by atoms with E-state index >= 15 is 0 Å². The number of benzene rings is 2. The normalized spacial score (nSPS) is 29.6. The topological polar surface area (TPSA) is 80.8 Å². The molecule has 4 rings (SSSR count). The van der Waals surface area contributed by atoms with Crippen molar-refractivity contribution in [1.29, 1.82) is 0 Å². The summed E-state index contributed by atoms with van der Waals surface area (Å²) < 4.78 is 30.8. The third-order valence-corrected chi connectivity index (χ3v) is 12.3. The van der Waals surface area contributed by atoms with Gasteiger partial charge in [0.25, 0.3) is 0 Å². The molecule has 2 aliphatic rings. The van der Waals surface area contributed by atoms with Crippen LogP contribution in [-0.2, 0) is 39.3 Å². The van der Waals surface area contributed by atoms with Crippen molar-refractivity contribution in [2.75, 3.05) is 55.5 Å². The van der Waals surface area contributed by atoms with E-state index in [9.17, 15) is 9.59 Å². The summed E-state index contributed by atoms with van der Waals surface area (Å²) in [6, 6.07) is 17.8. The van der Waals surface area contributed by atoms with Crippen molar-refractivity contribution in [3.05, 3.63) is 71.8 Å². The van der Waals surface area contributed by atoms with Gasteiger partial charge in [0, 0.05) is 0 Å². The summed E-state index contributed by atoms with van der Waals surface area (Å²) in [5.74, 6) is -1.52. The van der Waals surface area contributed by atoms with Crippen molar-refractivity contribution in [3.63, 3.8) is 0 Å². The number of carbonyl (C=O) groups is 2. The van der Waals surface area contributed by atoms with Crippen LogP contribution in [0.5, 0.6) is 0 Å². The van der Waals surface area contributed by atoms with E-state index in [0.717, 1.165) is 0 Å². The van der Waals surface area contributed by atoms with Gasteiger partial charge in [-0.05, 0) is 0 Å². The average molecular weight is 490 g/mol. The number of hydrogen-bond acceptors (Lipinski definition) is 9. The Morgan fingerprint density at radius 3 is 1.44 bits per heavy atom. The number of ether oxygens (including phenoxy) is 2. The molecule has 9 nitrogen and oxygen atoms in total. The van der Waals surface area contributed by atoms with Gasteiger partial charge in [0.15, 0.2) is 0 Å². The van der Waals surface area contributed by atoms with E-state index in [1.54, 1.807) is 48.5 Å². The fourth-order valence-electron chi connectivity index (χ4n) is 5.31. The molecule has 1 spiro atoms. The van der Waals surface area contributed by atoms with Gasteiger partial charge in [-0.15, -0.1) is 0 Å². The molecule has 34 heavy (non-hydrogen) atoms. The molecule has 2 saturated heterocycles. The Labute approximate surface area is 200 Å². The van der Waals surface area contributed by atoms with Crippen molar-refractivity contribution >= 4 is 19.4 Å². The summed E-state index contributed by atoms with van der Waals surface area (Å²) in [7, 11) is 5.77. The zero-order chi connectivity index (χ0) is 24.8. The summed E-state index contributed by atoms with van der Waals surface area (Å²) >= 11 is 0. The molecule has 2 fully saturated rings. The summed E-state index contributed by atoms with van der Waals surface area (Å²) in [6.45, 7) is 1.20. The van der Waals surface area contributed by atoms with Gasteiger partial charge in [-0.25, -0.2) is 0 Å². The van der Waals surface area contributed by atoms with Crippen LogP contribution in [-0.4, -0.2) is 81.4 Å². The third-order valence-electron chi connectivity index (χ3n) is 7.00. The van der Waals surface area contributed by atoms with E-state index in [4.69, 9.17) is 18.5 Å². The second kappa shape index (κ2) is 8.37. The number of hydrogen-bond donors (Lipinski definition) is 0. The minimum atomic E-state index is -4.22.